The van der Waals surface area contributed by atoms with Crippen molar-refractivity contribution in [1.29, 1.82) is 0 Å². The minimum atomic E-state index is -1.98. The van der Waals surface area contributed by atoms with E-state index in [1.807, 2.05) is 0 Å². The predicted octanol–water partition coefficient (Wildman–Crippen LogP) is -1.26. The fourth-order valence-electron chi connectivity index (χ4n) is 1.23. The minimum absolute atomic E-state index is 0.140. The number of carboxylic acids is 2. The van der Waals surface area contributed by atoms with Crippen LogP contribution in [0.5, 0.6) is 0 Å². The van der Waals surface area contributed by atoms with Gasteiger partial charge in [0.2, 0.25) is 0 Å². The molecular weight excluding hydrogens is 196 g/mol. The van der Waals surface area contributed by atoms with Crippen LogP contribution < -0.4 is 10.2 Å². The zero-order chi connectivity index (χ0) is 11.5. The Balaban J connectivity index is 2.95. The molecule has 0 bridgehead atoms. The summed E-state index contributed by atoms with van der Waals surface area (Å²) in [5, 5.41) is 21.5. The van der Waals surface area contributed by atoms with Crippen LogP contribution >= 0.6 is 0 Å². The average molecular weight is 206 g/mol. The molecular formula is C11H10O4-2. The highest BCUT2D eigenvalue weighted by atomic mass is 16.4. The summed E-state index contributed by atoms with van der Waals surface area (Å²) in [6, 6.07) is 8.49. The molecule has 0 N–H and O–H groups in total. The molecule has 0 aliphatic carbocycles. The van der Waals surface area contributed by atoms with Gasteiger partial charge in [-0.05, 0) is 18.9 Å². The maximum absolute atomic E-state index is 10.7. The first kappa shape index (κ1) is 11.2. The first-order valence-corrected chi connectivity index (χ1v) is 4.43. The van der Waals surface area contributed by atoms with E-state index in [1.54, 1.807) is 30.3 Å². The Morgan fingerprint density at radius 3 is 2.00 bits per heavy atom. The van der Waals surface area contributed by atoms with Crippen molar-refractivity contribution in [1.82, 2.24) is 0 Å². The Kier molecular flexibility index (Phi) is 3.09. The van der Waals surface area contributed by atoms with Gasteiger partial charge in [-0.3, -0.25) is 0 Å². The van der Waals surface area contributed by atoms with Crippen molar-refractivity contribution >= 4 is 11.9 Å². The van der Waals surface area contributed by atoms with Gasteiger partial charge in [0, 0.05) is 0 Å². The number of aliphatic carboxylic acids is 2. The van der Waals surface area contributed by atoms with Crippen molar-refractivity contribution in [2.45, 2.75) is 13.3 Å². The molecule has 0 aliphatic rings. The molecule has 4 heteroatoms. The highest BCUT2D eigenvalue weighted by Gasteiger charge is 2.27. The van der Waals surface area contributed by atoms with E-state index >= 15 is 0 Å². The van der Waals surface area contributed by atoms with Crippen molar-refractivity contribution in [3.63, 3.8) is 0 Å². The number of hydrogen-bond donors (Lipinski definition) is 0. The number of carbonyl (C=O) groups is 2. The summed E-state index contributed by atoms with van der Waals surface area (Å²) >= 11 is 0. The van der Waals surface area contributed by atoms with E-state index in [0.717, 1.165) is 6.92 Å². The Morgan fingerprint density at radius 2 is 1.60 bits per heavy atom. The highest BCUT2D eigenvalue weighted by molar-refractivity contribution is 5.95. The molecule has 0 spiro atoms. The molecule has 0 amide bonds. The van der Waals surface area contributed by atoms with Crippen LogP contribution in [0.2, 0.25) is 0 Å². The van der Waals surface area contributed by atoms with Crippen molar-refractivity contribution < 1.29 is 19.8 Å². The zero-order valence-electron chi connectivity index (χ0n) is 8.23. The zero-order valence-corrected chi connectivity index (χ0v) is 8.23. The van der Waals surface area contributed by atoms with E-state index in [1.165, 1.54) is 0 Å². The van der Waals surface area contributed by atoms with Gasteiger partial charge in [-0.15, -0.1) is 0 Å². The van der Waals surface area contributed by atoms with Gasteiger partial charge in [0.1, 0.15) is 0 Å². The molecule has 0 atom stereocenters. The SMILES string of the molecule is CC(Cc1ccccc1)(C(=O)[O-])C(=O)[O-]. The van der Waals surface area contributed by atoms with Gasteiger partial charge in [0.05, 0.1) is 17.4 Å². The molecule has 1 aromatic carbocycles. The summed E-state index contributed by atoms with van der Waals surface area (Å²) in [5.41, 5.74) is -1.37. The van der Waals surface area contributed by atoms with E-state index in [9.17, 15) is 19.8 Å². The van der Waals surface area contributed by atoms with Gasteiger partial charge in [0.25, 0.3) is 0 Å². The second-order valence-corrected chi connectivity index (χ2v) is 3.57. The van der Waals surface area contributed by atoms with Crippen LogP contribution in [0.25, 0.3) is 0 Å². The van der Waals surface area contributed by atoms with E-state index < -0.39 is 17.4 Å². The summed E-state index contributed by atoms with van der Waals surface area (Å²) < 4.78 is 0. The number of rotatable bonds is 4. The molecule has 0 saturated carbocycles. The molecule has 0 unspecified atom stereocenters. The molecule has 4 nitrogen and oxygen atoms in total. The summed E-state index contributed by atoms with van der Waals surface area (Å²) in [4.78, 5) is 21.5. The first-order chi connectivity index (χ1) is 6.97. The van der Waals surface area contributed by atoms with Crippen molar-refractivity contribution in [3.05, 3.63) is 35.9 Å². The third-order valence-corrected chi connectivity index (χ3v) is 2.30. The summed E-state index contributed by atoms with van der Waals surface area (Å²) in [6.45, 7) is 1.09. The lowest BCUT2D eigenvalue weighted by atomic mass is 9.84. The Hall–Kier alpha value is -1.84. The van der Waals surface area contributed by atoms with Crippen LogP contribution in [-0.4, -0.2) is 11.9 Å². The highest BCUT2D eigenvalue weighted by Crippen LogP contribution is 2.21. The normalized spacial score (nSPS) is 11.0. The third-order valence-electron chi connectivity index (χ3n) is 2.30. The first-order valence-electron chi connectivity index (χ1n) is 4.43. The van der Waals surface area contributed by atoms with Gasteiger partial charge in [-0.1, -0.05) is 30.3 Å². The second kappa shape index (κ2) is 4.13. The maximum atomic E-state index is 10.7. The molecule has 0 fully saturated rings. The van der Waals surface area contributed by atoms with Crippen molar-refractivity contribution in [3.8, 4) is 0 Å². The maximum Gasteiger partial charge on any atom is 0.0533 e. The van der Waals surface area contributed by atoms with E-state index in [2.05, 4.69) is 0 Å². The lowest BCUT2D eigenvalue weighted by molar-refractivity contribution is -0.341. The van der Waals surface area contributed by atoms with E-state index in [-0.39, 0.29) is 6.42 Å². The molecule has 1 rings (SSSR count). The standard InChI is InChI=1S/C11H12O4/c1-11(9(12)13,10(14)15)7-8-5-3-2-4-6-8/h2-6H,7H2,1H3,(H,12,13)(H,14,15)/p-2. The van der Waals surface area contributed by atoms with E-state index in [0.29, 0.717) is 5.56 Å². The molecule has 0 radical (unpaired) electrons. The Bertz CT molecular complexity index is 355. The summed E-state index contributed by atoms with van der Waals surface area (Å²) in [5.74, 6) is -3.27. The van der Waals surface area contributed by atoms with Crippen LogP contribution in [0.4, 0.5) is 0 Å². The average Bonchev–Trinajstić information content (AvgIpc) is 2.18. The van der Waals surface area contributed by atoms with Crippen LogP contribution in [0.15, 0.2) is 30.3 Å². The fourth-order valence-corrected chi connectivity index (χ4v) is 1.23. The molecule has 0 aromatic heterocycles. The van der Waals surface area contributed by atoms with Crippen molar-refractivity contribution in [2.75, 3.05) is 0 Å². The van der Waals surface area contributed by atoms with Gasteiger partial charge in [0.15, 0.2) is 0 Å². The molecule has 15 heavy (non-hydrogen) atoms. The molecule has 0 aliphatic heterocycles. The van der Waals surface area contributed by atoms with Gasteiger partial charge < -0.3 is 19.8 Å². The number of benzene rings is 1. The number of carboxylic acid groups (broad SMARTS) is 2. The topological polar surface area (TPSA) is 80.3 Å². The molecule has 80 valence electrons. The monoisotopic (exact) mass is 206 g/mol. The quantitative estimate of drug-likeness (QED) is 0.575. The number of hydrogen-bond acceptors (Lipinski definition) is 4. The lowest BCUT2D eigenvalue weighted by Crippen LogP contribution is -2.53. The van der Waals surface area contributed by atoms with Crippen LogP contribution in [0.1, 0.15) is 12.5 Å². The molecule has 0 saturated heterocycles. The van der Waals surface area contributed by atoms with E-state index in [4.69, 9.17) is 0 Å². The minimum Gasteiger partial charge on any atom is -0.549 e. The predicted molar refractivity (Wildman–Crippen MR) is 48.3 cm³/mol. The van der Waals surface area contributed by atoms with Crippen LogP contribution in [-0.2, 0) is 16.0 Å². The fraction of sp³-hybridized carbons (Fsp3) is 0.273. The largest absolute Gasteiger partial charge is 0.549 e. The number of carbonyl (C=O) groups excluding carboxylic acids is 2. The Morgan fingerprint density at radius 1 is 1.13 bits per heavy atom. The van der Waals surface area contributed by atoms with Crippen LogP contribution in [0, 0.1) is 5.41 Å². The van der Waals surface area contributed by atoms with Gasteiger partial charge in [-0.25, -0.2) is 0 Å². The van der Waals surface area contributed by atoms with Gasteiger partial charge >= 0.3 is 0 Å². The second-order valence-electron chi connectivity index (χ2n) is 3.57. The third kappa shape index (κ3) is 2.34. The summed E-state index contributed by atoms with van der Waals surface area (Å²) in [7, 11) is 0. The van der Waals surface area contributed by atoms with Crippen LogP contribution in [0.3, 0.4) is 0 Å². The smallest absolute Gasteiger partial charge is 0.0533 e. The van der Waals surface area contributed by atoms with Gasteiger partial charge in [-0.2, -0.15) is 0 Å². The molecule has 0 heterocycles. The molecule has 1 aromatic rings. The van der Waals surface area contributed by atoms with Crippen molar-refractivity contribution in [2.24, 2.45) is 5.41 Å². The summed E-state index contributed by atoms with van der Waals surface area (Å²) in [6.07, 6.45) is -0.140. The lowest BCUT2D eigenvalue weighted by Gasteiger charge is -2.31. The Labute approximate surface area is 87.2 Å².